The fourth-order valence-electron chi connectivity index (χ4n) is 3.18. The topological polar surface area (TPSA) is 57.4 Å². The summed E-state index contributed by atoms with van der Waals surface area (Å²) in [4.78, 5) is 13.3. The van der Waals surface area contributed by atoms with Crippen LogP contribution >= 0.6 is 0 Å². The number of benzene rings is 2. The molecule has 0 aliphatic rings. The summed E-state index contributed by atoms with van der Waals surface area (Å²) in [6.07, 6.45) is 0.535. The molecule has 0 radical (unpaired) electrons. The molecule has 134 valence electrons. The zero-order valence-electron chi connectivity index (χ0n) is 15.3. The van der Waals surface area contributed by atoms with Crippen LogP contribution in [0.1, 0.15) is 25.2 Å². The molecule has 1 heterocycles. The van der Waals surface area contributed by atoms with Crippen molar-refractivity contribution in [1.29, 1.82) is 0 Å². The predicted molar refractivity (Wildman–Crippen MR) is 101 cm³/mol. The van der Waals surface area contributed by atoms with E-state index in [1.807, 2.05) is 68.4 Å². The van der Waals surface area contributed by atoms with Gasteiger partial charge in [0.1, 0.15) is 17.1 Å². The molecular weight excluding hydrogens is 328 g/mol. The molecule has 2 aromatic carbocycles. The molecule has 3 rings (SSSR count). The number of hydrogen-bond donors (Lipinski definition) is 1. The zero-order valence-corrected chi connectivity index (χ0v) is 15.3. The second-order valence-corrected chi connectivity index (χ2v) is 6.01. The van der Waals surface area contributed by atoms with Gasteiger partial charge >= 0.3 is 0 Å². The monoisotopic (exact) mass is 351 g/mol. The smallest absolute Gasteiger partial charge is 0.293 e. The van der Waals surface area contributed by atoms with Gasteiger partial charge in [-0.15, -0.1) is 0 Å². The Morgan fingerprint density at radius 2 is 1.58 bits per heavy atom. The average Bonchev–Trinajstić information content (AvgIpc) is 2.67. The Morgan fingerprint density at radius 3 is 2.15 bits per heavy atom. The Kier molecular flexibility index (Phi) is 5.07. The van der Waals surface area contributed by atoms with E-state index >= 15 is 0 Å². The molecule has 0 unspecified atom stereocenters. The molecule has 1 aromatic heterocycles. The highest BCUT2D eigenvalue weighted by atomic mass is 16.5. The second-order valence-electron chi connectivity index (χ2n) is 6.01. The van der Waals surface area contributed by atoms with Crippen molar-refractivity contribution in [2.24, 2.45) is 0 Å². The lowest BCUT2D eigenvalue weighted by Crippen LogP contribution is -2.29. The molecule has 0 spiro atoms. The lowest BCUT2D eigenvalue weighted by molar-refractivity contribution is -0.472. The largest absolute Gasteiger partial charge is 0.494 e. The van der Waals surface area contributed by atoms with Crippen LogP contribution in [0.2, 0.25) is 0 Å². The summed E-state index contributed by atoms with van der Waals surface area (Å²) < 4.78 is 7.52. The van der Waals surface area contributed by atoms with E-state index in [-0.39, 0.29) is 0 Å². The number of hydrogen-bond acceptors (Lipinski definition) is 3. The van der Waals surface area contributed by atoms with Crippen molar-refractivity contribution in [3.63, 3.8) is 0 Å². The predicted octanol–water partition coefficient (Wildman–Crippen LogP) is 4.24. The third-order valence-corrected chi connectivity index (χ3v) is 4.42. The van der Waals surface area contributed by atoms with E-state index in [0.29, 0.717) is 35.8 Å². The van der Waals surface area contributed by atoms with E-state index in [2.05, 4.69) is 0 Å². The van der Waals surface area contributed by atoms with Crippen molar-refractivity contribution in [3.8, 4) is 28.3 Å². The first kappa shape index (κ1) is 17.7. The maximum absolute atomic E-state index is 13.3. The summed E-state index contributed by atoms with van der Waals surface area (Å²) in [6.45, 7) is 6.17. The van der Waals surface area contributed by atoms with Crippen molar-refractivity contribution >= 4 is 0 Å². The molecule has 0 saturated carbocycles. The van der Waals surface area contributed by atoms with Crippen LogP contribution in [-0.4, -0.2) is 16.5 Å². The molecule has 0 aliphatic heterocycles. The number of aromatic nitrogens is 2. The fourth-order valence-corrected chi connectivity index (χ4v) is 3.18. The molecule has 0 saturated heterocycles. The summed E-state index contributed by atoms with van der Waals surface area (Å²) >= 11 is 0. The van der Waals surface area contributed by atoms with Crippen molar-refractivity contribution in [2.75, 3.05) is 6.61 Å². The van der Waals surface area contributed by atoms with Crippen LogP contribution in [0.25, 0.3) is 22.5 Å². The van der Waals surface area contributed by atoms with Gasteiger partial charge in [0.15, 0.2) is 0 Å². The molecule has 0 amide bonds. The Balaban J connectivity index is 2.27. The SMILES string of the molecule is CCOc1ccc(-c2c(C)n(O)c(CC)c(-c3ccccc3)[n+]2=O)cc1. The van der Waals surface area contributed by atoms with E-state index in [1.54, 1.807) is 6.92 Å². The number of nitrogens with zero attached hydrogens (tertiary/aromatic N) is 2. The minimum Gasteiger partial charge on any atom is -0.494 e. The van der Waals surface area contributed by atoms with E-state index in [9.17, 15) is 10.1 Å². The summed E-state index contributed by atoms with van der Waals surface area (Å²) in [5, 5.41) is 10.7. The Hall–Kier alpha value is -3.08. The third-order valence-electron chi connectivity index (χ3n) is 4.42. The molecule has 0 fully saturated rings. The third kappa shape index (κ3) is 3.08. The quantitative estimate of drug-likeness (QED) is 0.552. The Labute approximate surface area is 152 Å². The summed E-state index contributed by atoms with van der Waals surface area (Å²) in [7, 11) is 0. The van der Waals surface area contributed by atoms with Crippen LogP contribution in [0.15, 0.2) is 54.6 Å². The highest BCUT2D eigenvalue weighted by molar-refractivity contribution is 5.64. The lowest BCUT2D eigenvalue weighted by Gasteiger charge is -2.11. The lowest BCUT2D eigenvalue weighted by atomic mass is 10.0. The van der Waals surface area contributed by atoms with Gasteiger partial charge in [-0.05, 0) is 56.7 Å². The minimum absolute atomic E-state index is 0.423. The molecule has 5 nitrogen and oxygen atoms in total. The van der Waals surface area contributed by atoms with Crippen LogP contribution < -0.4 is 9.16 Å². The molecule has 0 bridgehead atoms. The molecule has 26 heavy (non-hydrogen) atoms. The van der Waals surface area contributed by atoms with Gasteiger partial charge in [0.05, 0.1) is 22.2 Å². The molecule has 0 atom stereocenters. The first-order valence-electron chi connectivity index (χ1n) is 8.77. The molecule has 1 N–H and O–H groups in total. The second kappa shape index (κ2) is 7.44. The highest BCUT2D eigenvalue weighted by Crippen LogP contribution is 2.27. The standard InChI is InChI=1S/C21H23N2O3/c1-4-19-21(16-9-7-6-8-10-16)23(25)20(15(3)22(19)24)17-11-13-18(14-12-17)26-5-2/h6-14,24H,4-5H2,1-3H3/q+1. The van der Waals surface area contributed by atoms with E-state index in [0.717, 1.165) is 26.0 Å². The van der Waals surface area contributed by atoms with Gasteiger partial charge in [0.25, 0.3) is 11.4 Å². The summed E-state index contributed by atoms with van der Waals surface area (Å²) in [5.74, 6) is 0.747. The Morgan fingerprint density at radius 1 is 0.962 bits per heavy atom. The van der Waals surface area contributed by atoms with Crippen LogP contribution in [0.5, 0.6) is 5.75 Å². The van der Waals surface area contributed by atoms with Crippen LogP contribution in [0.3, 0.4) is 0 Å². The van der Waals surface area contributed by atoms with Crippen molar-refractivity contribution in [2.45, 2.75) is 27.2 Å². The normalized spacial score (nSPS) is 10.7. The van der Waals surface area contributed by atoms with Crippen LogP contribution in [0, 0.1) is 11.8 Å². The van der Waals surface area contributed by atoms with E-state index < -0.39 is 0 Å². The first-order chi connectivity index (χ1) is 12.6. The summed E-state index contributed by atoms with van der Waals surface area (Å²) in [6, 6.07) is 16.7. The minimum atomic E-state index is 0.423. The van der Waals surface area contributed by atoms with Crippen LogP contribution in [-0.2, 0) is 6.42 Å². The van der Waals surface area contributed by atoms with Gasteiger partial charge in [0, 0.05) is 4.91 Å². The average molecular weight is 351 g/mol. The van der Waals surface area contributed by atoms with Gasteiger partial charge in [-0.1, -0.05) is 25.1 Å². The van der Waals surface area contributed by atoms with E-state index in [1.165, 1.54) is 0 Å². The maximum atomic E-state index is 13.3. The molecule has 3 aromatic rings. The summed E-state index contributed by atoms with van der Waals surface area (Å²) in [5.41, 5.74) is 3.47. The van der Waals surface area contributed by atoms with Gasteiger partial charge in [-0.25, -0.2) is 0 Å². The van der Waals surface area contributed by atoms with Crippen molar-refractivity contribution in [1.82, 2.24) is 4.73 Å². The van der Waals surface area contributed by atoms with Gasteiger partial charge in [-0.3, -0.25) is 0 Å². The van der Waals surface area contributed by atoms with Crippen molar-refractivity contribution in [3.05, 3.63) is 70.9 Å². The van der Waals surface area contributed by atoms with Gasteiger partial charge in [0.2, 0.25) is 0 Å². The van der Waals surface area contributed by atoms with E-state index in [4.69, 9.17) is 4.74 Å². The number of ether oxygens (including phenoxy) is 1. The van der Waals surface area contributed by atoms with Gasteiger partial charge < -0.3 is 9.94 Å². The molecular formula is C21H23N2O3+. The highest BCUT2D eigenvalue weighted by Gasteiger charge is 2.29. The molecule has 0 aliphatic carbocycles. The Bertz CT molecular complexity index is 961. The van der Waals surface area contributed by atoms with Gasteiger partial charge in [-0.2, -0.15) is 4.73 Å². The number of rotatable bonds is 5. The fraction of sp³-hybridized carbons (Fsp3) is 0.238. The first-order valence-corrected chi connectivity index (χ1v) is 8.77. The zero-order chi connectivity index (χ0) is 18.7. The van der Waals surface area contributed by atoms with Crippen molar-refractivity contribution < 1.29 is 14.4 Å². The van der Waals surface area contributed by atoms with Crippen LogP contribution in [0.4, 0.5) is 0 Å². The maximum Gasteiger partial charge on any atom is 0.293 e. The molecule has 5 heteroatoms.